The number of aryl methyl sites for hydroxylation is 1. The Balaban J connectivity index is 1.56. The van der Waals surface area contributed by atoms with Gasteiger partial charge in [-0.1, -0.05) is 41.4 Å². The Morgan fingerprint density at radius 3 is 2.43 bits per heavy atom. The number of carboxylic acid groups (broad SMARTS) is 1. The molecule has 0 aliphatic rings. The van der Waals surface area contributed by atoms with Gasteiger partial charge in [0.05, 0.1) is 5.56 Å². The van der Waals surface area contributed by atoms with Crippen molar-refractivity contribution in [3.05, 3.63) is 93.0 Å². The highest BCUT2D eigenvalue weighted by Gasteiger charge is 2.06. The maximum absolute atomic E-state index is 11.0. The summed E-state index contributed by atoms with van der Waals surface area (Å²) in [6.07, 6.45) is 0. The van der Waals surface area contributed by atoms with Gasteiger partial charge in [0.15, 0.2) is 0 Å². The molecule has 3 aromatic rings. The number of rotatable bonds is 7. The van der Waals surface area contributed by atoms with E-state index in [9.17, 15) is 4.79 Å². The molecule has 0 aromatic heterocycles. The molecule has 0 saturated heterocycles. The van der Waals surface area contributed by atoms with E-state index in [0.717, 1.165) is 28.1 Å². The fraction of sp³-hybridized carbons (Fsp3) is 0.136. The van der Waals surface area contributed by atoms with Gasteiger partial charge in [0.2, 0.25) is 0 Å². The molecule has 0 radical (unpaired) electrons. The van der Waals surface area contributed by atoms with Gasteiger partial charge in [-0.25, -0.2) is 4.79 Å². The summed E-state index contributed by atoms with van der Waals surface area (Å²) in [6, 6.07) is 18.1. The molecule has 0 aliphatic carbocycles. The molecule has 0 bridgehead atoms. The summed E-state index contributed by atoms with van der Waals surface area (Å²) in [7, 11) is 0. The van der Waals surface area contributed by atoms with Crippen LogP contribution in [-0.2, 0) is 13.2 Å². The largest absolute Gasteiger partial charge is 0.489 e. The van der Waals surface area contributed by atoms with Crippen LogP contribution in [0.1, 0.15) is 27.0 Å². The molecule has 0 unspecified atom stereocenters. The molecule has 144 valence electrons. The number of hydrogen-bond acceptors (Lipinski definition) is 3. The zero-order chi connectivity index (χ0) is 20.1. The van der Waals surface area contributed by atoms with Gasteiger partial charge in [-0.2, -0.15) is 0 Å². The number of nitrogens with one attached hydrogen (secondary N) is 1. The van der Waals surface area contributed by atoms with E-state index in [1.165, 1.54) is 0 Å². The van der Waals surface area contributed by atoms with E-state index in [2.05, 4.69) is 5.32 Å². The second-order valence-electron chi connectivity index (χ2n) is 6.36. The molecule has 3 rings (SSSR count). The number of carboxylic acids is 1. The van der Waals surface area contributed by atoms with Crippen molar-refractivity contribution in [2.24, 2.45) is 0 Å². The number of benzene rings is 3. The molecule has 0 amide bonds. The van der Waals surface area contributed by atoms with Crippen molar-refractivity contribution >= 4 is 34.9 Å². The summed E-state index contributed by atoms with van der Waals surface area (Å²) in [6.45, 7) is 2.87. The molecule has 0 heterocycles. The lowest BCUT2D eigenvalue weighted by atomic mass is 10.1. The second-order valence-corrected chi connectivity index (χ2v) is 7.20. The van der Waals surface area contributed by atoms with Gasteiger partial charge < -0.3 is 15.2 Å². The predicted molar refractivity (Wildman–Crippen MR) is 113 cm³/mol. The van der Waals surface area contributed by atoms with E-state index in [1.807, 2.05) is 37.3 Å². The van der Waals surface area contributed by atoms with Crippen molar-refractivity contribution in [3.63, 3.8) is 0 Å². The molecule has 0 fully saturated rings. The number of aromatic carboxylic acids is 1. The zero-order valence-corrected chi connectivity index (χ0v) is 16.7. The topological polar surface area (TPSA) is 58.6 Å². The van der Waals surface area contributed by atoms with E-state index in [0.29, 0.717) is 23.2 Å². The lowest BCUT2D eigenvalue weighted by Gasteiger charge is -2.12. The van der Waals surface area contributed by atoms with Crippen LogP contribution in [0.2, 0.25) is 10.0 Å². The third kappa shape index (κ3) is 5.18. The molecule has 28 heavy (non-hydrogen) atoms. The van der Waals surface area contributed by atoms with E-state index in [-0.39, 0.29) is 5.56 Å². The molecule has 6 heteroatoms. The van der Waals surface area contributed by atoms with Crippen LogP contribution in [0.15, 0.2) is 60.7 Å². The first-order valence-corrected chi connectivity index (χ1v) is 9.41. The van der Waals surface area contributed by atoms with Crippen molar-refractivity contribution in [2.75, 3.05) is 5.32 Å². The number of hydrogen-bond donors (Lipinski definition) is 2. The van der Waals surface area contributed by atoms with Crippen molar-refractivity contribution < 1.29 is 14.6 Å². The van der Waals surface area contributed by atoms with E-state index in [1.54, 1.807) is 30.3 Å². The first kappa shape index (κ1) is 20.1. The molecule has 2 N–H and O–H groups in total. The fourth-order valence-electron chi connectivity index (χ4n) is 2.70. The average molecular weight is 416 g/mol. The lowest BCUT2D eigenvalue weighted by molar-refractivity contribution is 0.0697. The monoisotopic (exact) mass is 415 g/mol. The van der Waals surface area contributed by atoms with Crippen LogP contribution in [0, 0.1) is 6.92 Å². The van der Waals surface area contributed by atoms with Crippen LogP contribution in [0.4, 0.5) is 5.69 Å². The van der Waals surface area contributed by atoms with Crippen LogP contribution in [0.5, 0.6) is 5.75 Å². The minimum atomic E-state index is -0.926. The van der Waals surface area contributed by atoms with Gasteiger partial charge in [-0.05, 0) is 60.5 Å². The summed E-state index contributed by atoms with van der Waals surface area (Å²) in [4.78, 5) is 11.0. The average Bonchev–Trinajstić information content (AvgIpc) is 2.67. The summed E-state index contributed by atoms with van der Waals surface area (Å²) in [5, 5.41) is 13.5. The van der Waals surface area contributed by atoms with E-state index < -0.39 is 5.97 Å². The smallest absolute Gasteiger partial charge is 0.335 e. The first-order chi connectivity index (χ1) is 13.4. The number of halogens is 2. The summed E-state index contributed by atoms with van der Waals surface area (Å²) >= 11 is 12.1. The van der Waals surface area contributed by atoms with Gasteiger partial charge in [-0.15, -0.1) is 0 Å². The zero-order valence-electron chi connectivity index (χ0n) is 15.2. The van der Waals surface area contributed by atoms with Gasteiger partial charge in [0.25, 0.3) is 0 Å². The predicted octanol–water partition coefficient (Wildman–Crippen LogP) is 6.19. The van der Waals surface area contributed by atoms with Crippen LogP contribution < -0.4 is 10.1 Å². The van der Waals surface area contributed by atoms with Gasteiger partial charge in [-0.3, -0.25) is 0 Å². The lowest BCUT2D eigenvalue weighted by Crippen LogP contribution is -2.03. The number of ether oxygens (including phenoxy) is 1. The molecule has 0 atom stereocenters. The van der Waals surface area contributed by atoms with Crippen LogP contribution in [0.25, 0.3) is 0 Å². The van der Waals surface area contributed by atoms with Crippen LogP contribution >= 0.6 is 23.2 Å². The molecule has 3 aromatic carbocycles. The minimum absolute atomic E-state index is 0.283. The molecular formula is C22H19Cl2NO3. The normalized spacial score (nSPS) is 10.5. The molecule has 0 spiro atoms. The molecule has 4 nitrogen and oxygen atoms in total. The van der Waals surface area contributed by atoms with E-state index in [4.69, 9.17) is 33.0 Å². The third-order valence-electron chi connectivity index (χ3n) is 4.29. The maximum Gasteiger partial charge on any atom is 0.335 e. The molecular weight excluding hydrogens is 397 g/mol. The second kappa shape index (κ2) is 9.00. The Morgan fingerprint density at radius 1 is 1.04 bits per heavy atom. The Hall–Kier alpha value is -2.69. The van der Waals surface area contributed by atoms with Crippen molar-refractivity contribution in [2.45, 2.75) is 20.1 Å². The Bertz CT molecular complexity index is 988. The molecule has 0 saturated carbocycles. The van der Waals surface area contributed by atoms with Gasteiger partial charge in [0.1, 0.15) is 12.4 Å². The van der Waals surface area contributed by atoms with Crippen LogP contribution in [0.3, 0.4) is 0 Å². The highest BCUT2D eigenvalue weighted by atomic mass is 35.5. The van der Waals surface area contributed by atoms with Gasteiger partial charge >= 0.3 is 5.97 Å². The fourth-order valence-corrected chi connectivity index (χ4v) is 3.16. The maximum atomic E-state index is 11.0. The highest BCUT2D eigenvalue weighted by molar-refractivity contribution is 6.35. The van der Waals surface area contributed by atoms with Gasteiger partial charge in [0, 0.05) is 27.8 Å². The Morgan fingerprint density at radius 2 is 1.79 bits per heavy atom. The van der Waals surface area contributed by atoms with E-state index >= 15 is 0 Å². The quantitative estimate of drug-likeness (QED) is 0.482. The van der Waals surface area contributed by atoms with Crippen molar-refractivity contribution in [1.29, 1.82) is 0 Å². The SMILES string of the molecule is Cc1cc(C(=O)O)ccc1NCc1ccc(OCc2ccc(Cl)cc2Cl)cc1. The molecule has 0 aliphatic heterocycles. The highest BCUT2D eigenvalue weighted by Crippen LogP contribution is 2.23. The van der Waals surface area contributed by atoms with Crippen LogP contribution in [-0.4, -0.2) is 11.1 Å². The minimum Gasteiger partial charge on any atom is -0.489 e. The number of carbonyl (C=O) groups is 1. The summed E-state index contributed by atoms with van der Waals surface area (Å²) in [5.74, 6) is -0.179. The van der Waals surface area contributed by atoms with Crippen molar-refractivity contribution in [1.82, 2.24) is 0 Å². The third-order valence-corrected chi connectivity index (χ3v) is 4.88. The van der Waals surface area contributed by atoms with Crippen molar-refractivity contribution in [3.8, 4) is 5.75 Å². The summed E-state index contributed by atoms with van der Waals surface area (Å²) in [5.41, 5.74) is 4.03. The summed E-state index contributed by atoms with van der Waals surface area (Å²) < 4.78 is 5.78. The Labute approximate surface area is 173 Å². The first-order valence-electron chi connectivity index (χ1n) is 8.66. The Kier molecular flexibility index (Phi) is 6.45. The number of anilines is 1. The standard InChI is InChI=1S/C22H19Cl2NO3/c1-14-10-16(22(26)27)5-9-21(14)25-12-15-2-7-19(8-3-15)28-13-17-4-6-18(23)11-20(17)24/h2-11,25H,12-13H2,1H3,(H,26,27).